The van der Waals surface area contributed by atoms with Crippen molar-refractivity contribution in [2.75, 3.05) is 12.4 Å². The first-order chi connectivity index (χ1) is 9.65. The van der Waals surface area contributed by atoms with Crippen molar-refractivity contribution in [2.45, 2.75) is 27.3 Å². The Balaban J connectivity index is 2.33. The van der Waals surface area contributed by atoms with Gasteiger partial charge in [0.15, 0.2) is 0 Å². The van der Waals surface area contributed by atoms with Crippen LogP contribution in [0.4, 0.5) is 5.00 Å². The summed E-state index contributed by atoms with van der Waals surface area (Å²) < 4.78 is 6.71. The normalized spacial score (nSPS) is 11.2. The SMILES string of the molecule is CCn1c(-c2c(C)nsc2NC)nc2cc(C)ccc21. The van der Waals surface area contributed by atoms with Crippen LogP contribution >= 0.6 is 11.5 Å². The Hall–Kier alpha value is -1.88. The minimum absolute atomic E-state index is 0.896. The highest BCUT2D eigenvalue weighted by Crippen LogP contribution is 2.35. The molecule has 0 amide bonds. The first-order valence-electron chi connectivity index (χ1n) is 6.77. The molecule has 4 nitrogen and oxygen atoms in total. The van der Waals surface area contributed by atoms with Crippen LogP contribution < -0.4 is 5.32 Å². The van der Waals surface area contributed by atoms with Crippen LogP contribution in [0.25, 0.3) is 22.4 Å². The Kier molecular flexibility index (Phi) is 3.22. The fourth-order valence-electron chi connectivity index (χ4n) is 2.55. The van der Waals surface area contributed by atoms with E-state index in [0.29, 0.717) is 0 Å². The van der Waals surface area contributed by atoms with Crippen LogP contribution in [0.5, 0.6) is 0 Å². The maximum Gasteiger partial charge on any atom is 0.146 e. The molecule has 104 valence electrons. The minimum Gasteiger partial charge on any atom is -0.378 e. The highest BCUT2D eigenvalue weighted by Gasteiger charge is 2.19. The summed E-state index contributed by atoms with van der Waals surface area (Å²) in [6.07, 6.45) is 0. The van der Waals surface area contributed by atoms with Gasteiger partial charge in [0, 0.05) is 13.6 Å². The van der Waals surface area contributed by atoms with E-state index < -0.39 is 0 Å². The number of fused-ring (bicyclic) bond motifs is 1. The number of benzene rings is 1. The molecule has 3 aromatic rings. The molecule has 0 spiro atoms. The van der Waals surface area contributed by atoms with E-state index in [-0.39, 0.29) is 0 Å². The average molecular weight is 286 g/mol. The lowest BCUT2D eigenvalue weighted by atomic mass is 10.2. The second-order valence-electron chi connectivity index (χ2n) is 4.89. The maximum absolute atomic E-state index is 4.85. The first kappa shape index (κ1) is 13.1. The van der Waals surface area contributed by atoms with Gasteiger partial charge in [-0.15, -0.1) is 0 Å². The molecule has 0 unspecified atom stereocenters. The summed E-state index contributed by atoms with van der Waals surface area (Å²) in [5.41, 5.74) is 5.61. The molecule has 0 aliphatic rings. The van der Waals surface area contributed by atoms with Crippen molar-refractivity contribution in [3.63, 3.8) is 0 Å². The van der Waals surface area contributed by atoms with Crippen molar-refractivity contribution >= 4 is 27.6 Å². The molecule has 2 aromatic heterocycles. The third-order valence-electron chi connectivity index (χ3n) is 3.53. The molecule has 0 fully saturated rings. The fourth-order valence-corrected chi connectivity index (χ4v) is 3.30. The largest absolute Gasteiger partial charge is 0.378 e. The number of nitrogens with one attached hydrogen (secondary N) is 1. The van der Waals surface area contributed by atoms with Crippen LogP contribution in [0.1, 0.15) is 18.2 Å². The topological polar surface area (TPSA) is 42.7 Å². The number of anilines is 1. The number of rotatable bonds is 3. The molecule has 0 saturated heterocycles. The van der Waals surface area contributed by atoms with E-state index >= 15 is 0 Å². The molecule has 0 bridgehead atoms. The molecule has 20 heavy (non-hydrogen) atoms. The van der Waals surface area contributed by atoms with Gasteiger partial charge in [0.25, 0.3) is 0 Å². The second-order valence-corrected chi connectivity index (χ2v) is 5.67. The van der Waals surface area contributed by atoms with Crippen molar-refractivity contribution < 1.29 is 0 Å². The molecular weight excluding hydrogens is 268 g/mol. The van der Waals surface area contributed by atoms with Crippen molar-refractivity contribution in [3.8, 4) is 11.4 Å². The van der Waals surface area contributed by atoms with E-state index in [2.05, 4.69) is 46.3 Å². The summed E-state index contributed by atoms with van der Waals surface area (Å²) in [5, 5.41) is 4.30. The summed E-state index contributed by atoms with van der Waals surface area (Å²) >= 11 is 1.49. The summed E-state index contributed by atoms with van der Waals surface area (Å²) in [5.74, 6) is 1.00. The number of aromatic nitrogens is 3. The zero-order valence-electron chi connectivity index (χ0n) is 12.2. The molecule has 1 aromatic carbocycles. The third-order valence-corrected chi connectivity index (χ3v) is 4.49. The molecule has 1 N–H and O–H groups in total. The van der Waals surface area contributed by atoms with E-state index in [1.165, 1.54) is 22.6 Å². The molecule has 3 rings (SSSR count). The molecule has 0 saturated carbocycles. The summed E-state index contributed by atoms with van der Waals surface area (Å²) in [6.45, 7) is 7.18. The van der Waals surface area contributed by atoms with Gasteiger partial charge in [-0.3, -0.25) is 0 Å². The number of aryl methyl sites for hydroxylation is 3. The smallest absolute Gasteiger partial charge is 0.146 e. The highest BCUT2D eigenvalue weighted by atomic mass is 32.1. The van der Waals surface area contributed by atoms with Crippen molar-refractivity contribution in [1.82, 2.24) is 13.9 Å². The Labute approximate surface area is 122 Å². The first-order valence-corrected chi connectivity index (χ1v) is 7.54. The minimum atomic E-state index is 0.896. The average Bonchev–Trinajstić information content (AvgIpc) is 2.97. The van der Waals surface area contributed by atoms with Gasteiger partial charge < -0.3 is 9.88 Å². The van der Waals surface area contributed by atoms with Crippen molar-refractivity contribution in [2.24, 2.45) is 0 Å². The molecule has 0 atom stereocenters. The van der Waals surface area contributed by atoms with Crippen LogP contribution in [0.3, 0.4) is 0 Å². The Bertz CT molecular complexity index is 770. The quantitative estimate of drug-likeness (QED) is 0.795. The van der Waals surface area contributed by atoms with E-state index in [1.807, 2.05) is 14.0 Å². The van der Waals surface area contributed by atoms with Crippen LogP contribution in [-0.4, -0.2) is 21.0 Å². The van der Waals surface area contributed by atoms with Gasteiger partial charge >= 0.3 is 0 Å². The summed E-state index contributed by atoms with van der Waals surface area (Å²) in [6, 6.07) is 6.43. The fraction of sp³-hybridized carbons (Fsp3) is 0.333. The second kappa shape index (κ2) is 4.90. The Morgan fingerprint density at radius 1 is 1.30 bits per heavy atom. The lowest BCUT2D eigenvalue weighted by Gasteiger charge is -2.07. The number of hydrogen-bond donors (Lipinski definition) is 1. The molecule has 2 heterocycles. The lowest BCUT2D eigenvalue weighted by Crippen LogP contribution is -1.99. The molecule has 5 heteroatoms. The molecule has 0 aliphatic heterocycles. The van der Waals surface area contributed by atoms with Gasteiger partial charge in [-0.05, 0) is 50.0 Å². The monoisotopic (exact) mass is 286 g/mol. The zero-order valence-corrected chi connectivity index (χ0v) is 13.0. The van der Waals surface area contributed by atoms with Gasteiger partial charge in [-0.2, -0.15) is 4.37 Å². The highest BCUT2D eigenvalue weighted by molar-refractivity contribution is 7.10. The van der Waals surface area contributed by atoms with Crippen LogP contribution in [0.15, 0.2) is 18.2 Å². The number of nitrogens with zero attached hydrogens (tertiary/aromatic N) is 3. The van der Waals surface area contributed by atoms with Gasteiger partial charge in [-0.1, -0.05) is 6.07 Å². The van der Waals surface area contributed by atoms with E-state index in [0.717, 1.165) is 34.1 Å². The van der Waals surface area contributed by atoms with E-state index in [1.54, 1.807) is 0 Å². The third kappa shape index (κ3) is 1.89. The Morgan fingerprint density at radius 2 is 2.10 bits per heavy atom. The van der Waals surface area contributed by atoms with Gasteiger partial charge in [0.05, 0.1) is 22.3 Å². The van der Waals surface area contributed by atoms with Crippen LogP contribution in [0.2, 0.25) is 0 Å². The zero-order chi connectivity index (χ0) is 14.3. The van der Waals surface area contributed by atoms with Gasteiger partial charge in [-0.25, -0.2) is 4.98 Å². The van der Waals surface area contributed by atoms with E-state index in [4.69, 9.17) is 4.98 Å². The molecule has 0 radical (unpaired) electrons. The maximum atomic E-state index is 4.85. The Morgan fingerprint density at radius 3 is 2.80 bits per heavy atom. The summed E-state index contributed by atoms with van der Waals surface area (Å²) in [7, 11) is 1.93. The van der Waals surface area contributed by atoms with E-state index in [9.17, 15) is 0 Å². The van der Waals surface area contributed by atoms with Crippen LogP contribution in [-0.2, 0) is 6.54 Å². The molecule has 0 aliphatic carbocycles. The lowest BCUT2D eigenvalue weighted by molar-refractivity contribution is 0.796. The van der Waals surface area contributed by atoms with Crippen molar-refractivity contribution in [3.05, 3.63) is 29.5 Å². The van der Waals surface area contributed by atoms with Crippen LogP contribution in [0, 0.1) is 13.8 Å². The standard InChI is InChI=1S/C15H18N4S/c1-5-19-12-7-6-9(2)8-11(12)17-14(19)13-10(3)18-20-15(13)16-4/h6-8,16H,5H2,1-4H3. The predicted molar refractivity (Wildman–Crippen MR) is 85.5 cm³/mol. The van der Waals surface area contributed by atoms with Gasteiger partial charge in [0.1, 0.15) is 10.8 Å². The van der Waals surface area contributed by atoms with Crippen molar-refractivity contribution in [1.29, 1.82) is 0 Å². The summed E-state index contributed by atoms with van der Waals surface area (Å²) in [4.78, 5) is 4.85. The molecular formula is C15H18N4S. The van der Waals surface area contributed by atoms with Gasteiger partial charge in [0.2, 0.25) is 0 Å². The predicted octanol–water partition coefficient (Wildman–Crippen LogP) is 3.84. The number of hydrogen-bond acceptors (Lipinski definition) is 4. The number of imidazole rings is 1.